The maximum absolute atomic E-state index is 10.3. The van der Waals surface area contributed by atoms with Crippen LogP contribution in [0.25, 0.3) is 23.3 Å². The van der Waals surface area contributed by atoms with E-state index in [9.17, 15) is 4.79 Å². The fraction of sp³-hybridized carbons (Fsp3) is 0.130. The number of benzene rings is 2. The lowest BCUT2D eigenvalue weighted by Gasteiger charge is -2.09. The minimum Gasteiger partial charge on any atom is -0.305 e. The Labute approximate surface area is 154 Å². The van der Waals surface area contributed by atoms with Crippen LogP contribution in [0.1, 0.15) is 22.4 Å². The Hall–Kier alpha value is -3.04. The van der Waals surface area contributed by atoms with E-state index in [0.29, 0.717) is 13.1 Å². The molecule has 3 aromatic rings. The molecule has 0 atom stereocenters. The molecule has 0 aliphatic carbocycles. The minimum absolute atomic E-state index is 0.348. The van der Waals surface area contributed by atoms with Crippen molar-refractivity contribution < 1.29 is 4.79 Å². The monoisotopic (exact) mass is 342 g/mol. The van der Waals surface area contributed by atoms with Crippen molar-refractivity contribution in [2.24, 2.45) is 0 Å². The van der Waals surface area contributed by atoms with Crippen LogP contribution in [0.3, 0.4) is 0 Å². The number of nitrogens with one attached hydrogen (secondary N) is 1. The summed E-state index contributed by atoms with van der Waals surface area (Å²) in [6.07, 6.45) is 6.91. The fourth-order valence-electron chi connectivity index (χ4n) is 2.85. The SMILES string of the molecule is Cc1c(C=Cc2ccc(CNCC=O)nc2)cccc1-c1ccccc1. The molecule has 0 saturated heterocycles. The van der Waals surface area contributed by atoms with Crippen molar-refractivity contribution in [3.05, 3.63) is 89.2 Å². The van der Waals surface area contributed by atoms with Gasteiger partial charge in [0.2, 0.25) is 0 Å². The third kappa shape index (κ3) is 4.52. The van der Waals surface area contributed by atoms with Crippen LogP contribution < -0.4 is 5.32 Å². The molecule has 0 bridgehead atoms. The lowest BCUT2D eigenvalue weighted by molar-refractivity contribution is -0.107. The maximum Gasteiger partial charge on any atom is 0.133 e. The second-order valence-electron chi connectivity index (χ2n) is 6.10. The van der Waals surface area contributed by atoms with E-state index in [1.54, 1.807) is 0 Å². The van der Waals surface area contributed by atoms with Gasteiger partial charge in [-0.2, -0.15) is 0 Å². The van der Waals surface area contributed by atoms with Crippen LogP contribution >= 0.6 is 0 Å². The zero-order valence-electron chi connectivity index (χ0n) is 14.9. The van der Waals surface area contributed by atoms with Gasteiger partial charge in [-0.25, -0.2) is 0 Å². The number of carbonyl (C=O) groups excluding carboxylic acids is 1. The van der Waals surface area contributed by atoms with Gasteiger partial charge in [0.05, 0.1) is 12.2 Å². The molecule has 2 aromatic carbocycles. The van der Waals surface area contributed by atoms with Crippen molar-refractivity contribution in [2.45, 2.75) is 13.5 Å². The summed E-state index contributed by atoms with van der Waals surface area (Å²) in [5.74, 6) is 0. The van der Waals surface area contributed by atoms with Gasteiger partial charge in [-0.05, 0) is 40.8 Å². The quantitative estimate of drug-likeness (QED) is 0.507. The molecule has 0 aliphatic rings. The molecule has 0 spiro atoms. The van der Waals surface area contributed by atoms with Crippen LogP contribution in [-0.2, 0) is 11.3 Å². The lowest BCUT2D eigenvalue weighted by Crippen LogP contribution is -2.16. The number of aromatic nitrogens is 1. The predicted molar refractivity (Wildman–Crippen MR) is 108 cm³/mol. The first-order valence-corrected chi connectivity index (χ1v) is 8.70. The minimum atomic E-state index is 0.348. The normalized spacial score (nSPS) is 11.0. The Bertz CT molecular complexity index is 884. The van der Waals surface area contributed by atoms with E-state index < -0.39 is 0 Å². The molecule has 0 saturated carbocycles. The molecule has 3 rings (SSSR count). The zero-order chi connectivity index (χ0) is 18.2. The van der Waals surface area contributed by atoms with Crippen molar-refractivity contribution in [1.82, 2.24) is 10.3 Å². The van der Waals surface area contributed by atoms with Gasteiger partial charge < -0.3 is 10.1 Å². The Morgan fingerprint density at radius 1 is 0.962 bits per heavy atom. The van der Waals surface area contributed by atoms with E-state index in [2.05, 4.69) is 71.8 Å². The van der Waals surface area contributed by atoms with Crippen LogP contribution in [0, 0.1) is 6.92 Å². The molecule has 1 heterocycles. The molecule has 0 aliphatic heterocycles. The van der Waals surface area contributed by atoms with Crippen molar-refractivity contribution in [1.29, 1.82) is 0 Å². The highest BCUT2D eigenvalue weighted by atomic mass is 16.1. The topological polar surface area (TPSA) is 42.0 Å². The third-order valence-electron chi connectivity index (χ3n) is 4.30. The summed E-state index contributed by atoms with van der Waals surface area (Å²) in [6, 6.07) is 20.8. The van der Waals surface area contributed by atoms with Gasteiger partial charge in [0.25, 0.3) is 0 Å². The Morgan fingerprint density at radius 2 is 1.81 bits per heavy atom. The molecule has 1 N–H and O–H groups in total. The largest absolute Gasteiger partial charge is 0.305 e. The summed E-state index contributed by atoms with van der Waals surface area (Å²) in [7, 11) is 0. The average Bonchev–Trinajstić information content (AvgIpc) is 2.69. The lowest BCUT2D eigenvalue weighted by atomic mass is 9.96. The first-order chi connectivity index (χ1) is 12.8. The fourth-order valence-corrected chi connectivity index (χ4v) is 2.85. The van der Waals surface area contributed by atoms with Gasteiger partial charge in [0, 0.05) is 12.7 Å². The number of rotatable bonds is 7. The molecule has 0 radical (unpaired) electrons. The highest BCUT2D eigenvalue weighted by Gasteiger charge is 2.04. The summed E-state index contributed by atoms with van der Waals surface area (Å²) >= 11 is 0. The number of pyridine rings is 1. The van der Waals surface area contributed by atoms with Gasteiger partial charge in [-0.15, -0.1) is 0 Å². The van der Waals surface area contributed by atoms with E-state index >= 15 is 0 Å². The Morgan fingerprint density at radius 3 is 2.54 bits per heavy atom. The number of carbonyl (C=O) groups is 1. The highest BCUT2D eigenvalue weighted by molar-refractivity contribution is 5.77. The van der Waals surface area contributed by atoms with Crippen molar-refractivity contribution in [3.8, 4) is 11.1 Å². The predicted octanol–water partition coefficient (Wildman–Crippen LogP) is 4.52. The summed E-state index contributed by atoms with van der Waals surface area (Å²) in [4.78, 5) is 14.7. The van der Waals surface area contributed by atoms with E-state index in [0.717, 1.165) is 17.5 Å². The van der Waals surface area contributed by atoms with E-state index in [1.165, 1.54) is 22.3 Å². The molecular weight excluding hydrogens is 320 g/mol. The smallest absolute Gasteiger partial charge is 0.133 e. The van der Waals surface area contributed by atoms with Gasteiger partial charge >= 0.3 is 0 Å². The summed E-state index contributed by atoms with van der Waals surface area (Å²) < 4.78 is 0. The molecule has 130 valence electrons. The molecule has 0 amide bonds. The van der Waals surface area contributed by atoms with Crippen molar-refractivity contribution in [2.75, 3.05) is 6.54 Å². The van der Waals surface area contributed by atoms with Gasteiger partial charge in [0.15, 0.2) is 0 Å². The van der Waals surface area contributed by atoms with Crippen LogP contribution in [0.15, 0.2) is 66.9 Å². The summed E-state index contributed by atoms with van der Waals surface area (Å²) in [5.41, 5.74) is 6.91. The number of hydrogen-bond acceptors (Lipinski definition) is 3. The number of nitrogens with zero attached hydrogens (tertiary/aromatic N) is 1. The van der Waals surface area contributed by atoms with Crippen LogP contribution in [0.2, 0.25) is 0 Å². The molecule has 26 heavy (non-hydrogen) atoms. The summed E-state index contributed by atoms with van der Waals surface area (Å²) in [5, 5.41) is 3.01. The zero-order valence-corrected chi connectivity index (χ0v) is 14.9. The van der Waals surface area contributed by atoms with Crippen LogP contribution in [0.4, 0.5) is 0 Å². The molecule has 0 fully saturated rings. The highest BCUT2D eigenvalue weighted by Crippen LogP contribution is 2.26. The third-order valence-corrected chi connectivity index (χ3v) is 4.30. The van der Waals surface area contributed by atoms with Gasteiger partial charge in [0.1, 0.15) is 6.29 Å². The number of hydrogen-bond donors (Lipinski definition) is 1. The average molecular weight is 342 g/mol. The standard InChI is InChI=1S/C23H22N2O/c1-18-20(8-5-9-23(18)21-6-3-2-4-7-21)12-10-19-11-13-22(25-16-19)17-24-14-15-26/h2-13,15-16,24H,14,17H2,1H3. The number of aldehydes is 1. The van der Waals surface area contributed by atoms with Crippen molar-refractivity contribution >= 4 is 18.4 Å². The van der Waals surface area contributed by atoms with Crippen LogP contribution in [0.5, 0.6) is 0 Å². The van der Waals surface area contributed by atoms with E-state index in [-0.39, 0.29) is 0 Å². The van der Waals surface area contributed by atoms with E-state index in [4.69, 9.17) is 0 Å². The maximum atomic E-state index is 10.3. The summed E-state index contributed by atoms with van der Waals surface area (Å²) in [6.45, 7) is 3.10. The Kier molecular flexibility index (Phi) is 6.07. The van der Waals surface area contributed by atoms with Crippen molar-refractivity contribution in [3.63, 3.8) is 0 Å². The second kappa shape index (κ2) is 8.88. The van der Waals surface area contributed by atoms with E-state index in [1.807, 2.05) is 24.4 Å². The second-order valence-corrected chi connectivity index (χ2v) is 6.10. The first-order valence-electron chi connectivity index (χ1n) is 8.70. The van der Waals surface area contributed by atoms with Crippen LogP contribution in [-0.4, -0.2) is 17.8 Å². The molecule has 3 nitrogen and oxygen atoms in total. The van der Waals surface area contributed by atoms with Gasteiger partial charge in [-0.1, -0.05) is 66.7 Å². The molecule has 1 aromatic heterocycles. The molecule has 3 heteroatoms. The Balaban J connectivity index is 1.75. The molecule has 0 unspecified atom stereocenters. The van der Waals surface area contributed by atoms with Gasteiger partial charge in [-0.3, -0.25) is 4.98 Å². The first kappa shape index (κ1) is 17.8. The molecular formula is C23H22N2O.